The molecule has 92 valence electrons. The molecule has 1 aromatic rings. The van der Waals surface area contributed by atoms with Gasteiger partial charge in [0.1, 0.15) is 0 Å². The van der Waals surface area contributed by atoms with Crippen LogP contribution in [0.3, 0.4) is 0 Å². The number of aliphatic hydroxyl groups is 1. The zero-order valence-electron chi connectivity index (χ0n) is 10.7. The quantitative estimate of drug-likeness (QED) is 0.806. The van der Waals surface area contributed by atoms with Crippen molar-refractivity contribution in [3.05, 3.63) is 33.4 Å². The molecule has 1 aliphatic heterocycles. The maximum absolute atomic E-state index is 9.56. The van der Waals surface area contributed by atoms with Gasteiger partial charge in [-0.05, 0) is 66.5 Å². The van der Waals surface area contributed by atoms with E-state index >= 15 is 0 Å². The summed E-state index contributed by atoms with van der Waals surface area (Å²) in [5.41, 5.74) is 7.99. The van der Waals surface area contributed by atoms with Gasteiger partial charge in [-0.1, -0.05) is 6.42 Å². The molecule has 2 aliphatic rings. The van der Waals surface area contributed by atoms with E-state index in [0.29, 0.717) is 6.10 Å². The summed E-state index contributed by atoms with van der Waals surface area (Å²) in [7, 11) is 0. The van der Waals surface area contributed by atoms with Crippen LogP contribution >= 0.6 is 0 Å². The third kappa shape index (κ3) is 1.54. The van der Waals surface area contributed by atoms with E-state index in [1.165, 1.54) is 40.7 Å². The van der Waals surface area contributed by atoms with Crippen LogP contribution in [-0.2, 0) is 24.4 Å². The molecule has 1 heterocycles. The van der Waals surface area contributed by atoms with Gasteiger partial charge < -0.3 is 9.84 Å². The summed E-state index contributed by atoms with van der Waals surface area (Å²) in [6, 6.07) is 0. The zero-order chi connectivity index (χ0) is 12.0. The fraction of sp³-hybridized carbons (Fsp3) is 0.600. The van der Waals surface area contributed by atoms with E-state index in [1.54, 1.807) is 0 Å². The lowest BCUT2D eigenvalue weighted by Gasteiger charge is -2.19. The Balaban J connectivity index is 2.28. The Bertz CT molecular complexity index is 463. The van der Waals surface area contributed by atoms with Crippen LogP contribution in [0.25, 0.3) is 0 Å². The van der Waals surface area contributed by atoms with Crippen molar-refractivity contribution < 1.29 is 9.84 Å². The van der Waals surface area contributed by atoms with Gasteiger partial charge in [0.05, 0.1) is 19.3 Å². The fourth-order valence-corrected chi connectivity index (χ4v) is 3.49. The minimum atomic E-state index is 0.155. The molecule has 2 heteroatoms. The number of rotatable bonds is 1. The molecular formula is C15H20O2. The smallest absolute Gasteiger partial charge is 0.0835 e. The van der Waals surface area contributed by atoms with Crippen LogP contribution in [0.4, 0.5) is 0 Å². The van der Waals surface area contributed by atoms with Crippen molar-refractivity contribution in [1.29, 1.82) is 0 Å². The van der Waals surface area contributed by atoms with Gasteiger partial charge in [0.25, 0.3) is 0 Å². The van der Waals surface area contributed by atoms with E-state index < -0.39 is 0 Å². The van der Waals surface area contributed by atoms with Gasteiger partial charge in [-0.2, -0.15) is 0 Å². The first kappa shape index (κ1) is 11.2. The van der Waals surface area contributed by atoms with Crippen LogP contribution in [0, 0.1) is 13.8 Å². The van der Waals surface area contributed by atoms with E-state index in [1.807, 2.05) is 0 Å². The Morgan fingerprint density at radius 2 is 1.94 bits per heavy atom. The molecule has 0 aromatic heterocycles. The summed E-state index contributed by atoms with van der Waals surface area (Å²) < 4.78 is 5.94. The van der Waals surface area contributed by atoms with Crippen LogP contribution in [0.2, 0.25) is 0 Å². The SMILES string of the molecule is Cc1c(CO)c(C)c2c3c1CCCCC3OC2. The molecule has 1 aliphatic carbocycles. The number of hydrogen-bond donors (Lipinski definition) is 1. The molecule has 2 nitrogen and oxygen atoms in total. The second-order valence-corrected chi connectivity index (χ2v) is 5.30. The summed E-state index contributed by atoms with van der Waals surface area (Å²) >= 11 is 0. The number of benzene rings is 1. The Morgan fingerprint density at radius 1 is 1.18 bits per heavy atom. The van der Waals surface area contributed by atoms with E-state index in [0.717, 1.165) is 25.0 Å². The molecule has 1 N–H and O–H groups in total. The Kier molecular flexibility index (Phi) is 2.72. The maximum atomic E-state index is 9.56. The van der Waals surface area contributed by atoms with Crippen molar-refractivity contribution in [2.24, 2.45) is 0 Å². The number of ether oxygens (including phenoxy) is 1. The van der Waals surface area contributed by atoms with Crippen molar-refractivity contribution in [1.82, 2.24) is 0 Å². The van der Waals surface area contributed by atoms with Gasteiger partial charge in [0.2, 0.25) is 0 Å². The second-order valence-electron chi connectivity index (χ2n) is 5.30. The molecule has 1 aromatic carbocycles. The highest BCUT2D eigenvalue weighted by atomic mass is 16.5. The van der Waals surface area contributed by atoms with Gasteiger partial charge in [-0.3, -0.25) is 0 Å². The normalized spacial score (nSPS) is 22.4. The van der Waals surface area contributed by atoms with E-state index in [-0.39, 0.29) is 6.61 Å². The molecule has 1 unspecified atom stereocenters. The lowest BCUT2D eigenvalue weighted by molar-refractivity contribution is 0.0595. The van der Waals surface area contributed by atoms with Crippen LogP contribution in [0.5, 0.6) is 0 Å². The molecule has 0 saturated carbocycles. The van der Waals surface area contributed by atoms with Crippen LogP contribution < -0.4 is 0 Å². The van der Waals surface area contributed by atoms with E-state index in [2.05, 4.69) is 13.8 Å². The van der Waals surface area contributed by atoms with E-state index in [9.17, 15) is 5.11 Å². The first-order valence-corrected chi connectivity index (χ1v) is 6.60. The largest absolute Gasteiger partial charge is 0.392 e. The highest BCUT2D eigenvalue weighted by Crippen LogP contribution is 2.43. The molecular weight excluding hydrogens is 212 g/mol. The van der Waals surface area contributed by atoms with Gasteiger partial charge in [0.15, 0.2) is 0 Å². The van der Waals surface area contributed by atoms with E-state index in [4.69, 9.17) is 4.74 Å². The first-order valence-electron chi connectivity index (χ1n) is 6.60. The van der Waals surface area contributed by atoms with Crippen LogP contribution in [0.15, 0.2) is 0 Å². The highest BCUT2D eigenvalue weighted by molar-refractivity contribution is 5.53. The predicted molar refractivity (Wildman–Crippen MR) is 66.9 cm³/mol. The molecule has 0 amide bonds. The lowest BCUT2D eigenvalue weighted by Crippen LogP contribution is -2.06. The molecule has 0 spiro atoms. The van der Waals surface area contributed by atoms with Gasteiger partial charge in [-0.15, -0.1) is 0 Å². The zero-order valence-corrected chi connectivity index (χ0v) is 10.7. The van der Waals surface area contributed by atoms with Crippen molar-refractivity contribution >= 4 is 0 Å². The van der Waals surface area contributed by atoms with Crippen molar-refractivity contribution in [2.45, 2.75) is 58.8 Å². The molecule has 17 heavy (non-hydrogen) atoms. The standard InChI is InChI=1S/C15H20O2/c1-9-11-5-3-4-6-14-15(11)13(8-17-14)10(2)12(9)7-16/h14,16H,3-8H2,1-2H3. The number of aliphatic hydroxyl groups excluding tert-OH is 1. The monoisotopic (exact) mass is 232 g/mol. The van der Waals surface area contributed by atoms with Crippen molar-refractivity contribution in [2.75, 3.05) is 0 Å². The highest BCUT2D eigenvalue weighted by Gasteiger charge is 2.31. The maximum Gasteiger partial charge on any atom is 0.0835 e. The third-order valence-corrected chi connectivity index (χ3v) is 4.51. The summed E-state index contributed by atoms with van der Waals surface area (Å²) in [5.74, 6) is 0. The lowest BCUT2D eigenvalue weighted by atomic mass is 9.86. The minimum Gasteiger partial charge on any atom is -0.392 e. The summed E-state index contributed by atoms with van der Waals surface area (Å²) in [5, 5.41) is 9.56. The average Bonchev–Trinajstić information content (AvgIpc) is 2.62. The molecule has 0 radical (unpaired) electrons. The van der Waals surface area contributed by atoms with Gasteiger partial charge >= 0.3 is 0 Å². The van der Waals surface area contributed by atoms with Crippen LogP contribution in [-0.4, -0.2) is 5.11 Å². The average molecular weight is 232 g/mol. The summed E-state index contributed by atoms with van der Waals surface area (Å²) in [6.45, 7) is 5.19. The van der Waals surface area contributed by atoms with Gasteiger partial charge in [-0.25, -0.2) is 0 Å². The molecule has 0 fully saturated rings. The molecule has 3 rings (SSSR count). The van der Waals surface area contributed by atoms with Gasteiger partial charge in [0, 0.05) is 0 Å². The first-order chi connectivity index (χ1) is 8.24. The molecule has 1 atom stereocenters. The molecule has 0 saturated heterocycles. The predicted octanol–water partition coefficient (Wildman–Crippen LogP) is 3.09. The van der Waals surface area contributed by atoms with Crippen molar-refractivity contribution in [3.8, 4) is 0 Å². The summed E-state index contributed by atoms with van der Waals surface area (Å²) in [6.07, 6.45) is 5.15. The molecule has 0 bridgehead atoms. The Hall–Kier alpha value is -0.860. The van der Waals surface area contributed by atoms with Crippen molar-refractivity contribution in [3.63, 3.8) is 0 Å². The topological polar surface area (TPSA) is 29.5 Å². The Morgan fingerprint density at radius 3 is 2.71 bits per heavy atom. The number of hydrogen-bond acceptors (Lipinski definition) is 2. The Labute approximate surface area is 103 Å². The third-order valence-electron chi connectivity index (χ3n) is 4.51. The van der Waals surface area contributed by atoms with Crippen LogP contribution in [0.1, 0.15) is 58.7 Å². The summed E-state index contributed by atoms with van der Waals surface area (Å²) in [4.78, 5) is 0. The fourth-order valence-electron chi connectivity index (χ4n) is 3.49. The minimum absolute atomic E-state index is 0.155. The second kappa shape index (κ2) is 4.11.